The van der Waals surface area contributed by atoms with Crippen molar-refractivity contribution in [2.75, 3.05) is 0 Å². The van der Waals surface area contributed by atoms with Crippen LogP contribution in [0.3, 0.4) is 0 Å². The van der Waals surface area contributed by atoms with Crippen LogP contribution in [0.1, 0.15) is 24.0 Å². The van der Waals surface area contributed by atoms with Crippen LogP contribution in [0.4, 0.5) is 0 Å². The number of carbonyl (C=O) groups is 2. The molecule has 0 spiro atoms. The second kappa shape index (κ2) is 6.67. The summed E-state index contributed by atoms with van der Waals surface area (Å²) in [6.45, 7) is 1.89. The van der Waals surface area contributed by atoms with Crippen molar-refractivity contribution in [3.63, 3.8) is 0 Å². The van der Waals surface area contributed by atoms with Gasteiger partial charge in [0.1, 0.15) is 5.41 Å². The first-order valence-corrected chi connectivity index (χ1v) is 8.10. The van der Waals surface area contributed by atoms with E-state index in [0.29, 0.717) is 5.56 Å². The Hall–Kier alpha value is -1.26. The number of halogens is 2. The fourth-order valence-corrected chi connectivity index (χ4v) is 4.36. The number of carbonyl (C=O) groups excluding carboxylic acids is 2. The monoisotopic (exact) mass is 408 g/mol. The van der Waals surface area contributed by atoms with E-state index in [-0.39, 0.29) is 15.3 Å². The molecule has 0 aliphatic rings. The number of benzene rings is 2. The summed E-state index contributed by atoms with van der Waals surface area (Å²) in [6.07, 6.45) is 0. The first-order valence-electron chi connectivity index (χ1n) is 6.51. The molecule has 0 aliphatic heterocycles. The van der Waals surface area contributed by atoms with E-state index in [9.17, 15) is 9.59 Å². The molecule has 0 saturated carbocycles. The summed E-state index contributed by atoms with van der Waals surface area (Å²) >= 11 is 6.09. The van der Waals surface area contributed by atoms with Crippen LogP contribution < -0.4 is 0 Å². The Morgan fingerprint density at radius 3 is 1.71 bits per heavy atom. The molecule has 0 aromatic heterocycles. The zero-order valence-electron chi connectivity index (χ0n) is 11.4. The SMILES string of the molecule is CC(c1ccccc1)C(C(=O)Br)(C(=O)Br)c1ccccc1. The molecule has 0 N–H and O–H groups in total. The lowest BCUT2D eigenvalue weighted by atomic mass is 9.70. The topological polar surface area (TPSA) is 34.1 Å². The molecular formula is C17H14Br2O2. The van der Waals surface area contributed by atoms with Gasteiger partial charge in [-0.25, -0.2) is 0 Å². The molecule has 2 nitrogen and oxygen atoms in total. The van der Waals surface area contributed by atoms with Gasteiger partial charge in [-0.15, -0.1) is 0 Å². The zero-order chi connectivity index (χ0) is 15.5. The largest absolute Gasteiger partial charge is 0.285 e. The molecule has 4 heteroatoms. The highest BCUT2D eigenvalue weighted by Crippen LogP contribution is 2.43. The number of rotatable bonds is 5. The van der Waals surface area contributed by atoms with Crippen LogP contribution in [0, 0.1) is 0 Å². The van der Waals surface area contributed by atoms with Gasteiger partial charge in [-0.1, -0.05) is 67.6 Å². The summed E-state index contributed by atoms with van der Waals surface area (Å²) < 4.78 is -0.696. The quantitative estimate of drug-likeness (QED) is 0.535. The Kier molecular flexibility index (Phi) is 5.12. The van der Waals surface area contributed by atoms with E-state index in [1.54, 1.807) is 12.1 Å². The van der Waals surface area contributed by atoms with Gasteiger partial charge in [-0.2, -0.15) is 0 Å². The molecule has 2 aromatic carbocycles. The first kappa shape index (κ1) is 16.1. The van der Waals surface area contributed by atoms with Crippen LogP contribution in [-0.4, -0.2) is 9.39 Å². The van der Waals surface area contributed by atoms with Crippen molar-refractivity contribution >= 4 is 41.2 Å². The summed E-state index contributed by atoms with van der Waals surface area (Å²) in [4.78, 5) is 24.8. The van der Waals surface area contributed by atoms with Gasteiger partial charge in [0.15, 0.2) is 0 Å². The van der Waals surface area contributed by atoms with Crippen molar-refractivity contribution in [1.29, 1.82) is 0 Å². The minimum Gasteiger partial charge on any atom is -0.285 e. The van der Waals surface area contributed by atoms with Crippen molar-refractivity contribution in [2.24, 2.45) is 0 Å². The molecule has 2 rings (SSSR count). The lowest BCUT2D eigenvalue weighted by Gasteiger charge is -2.33. The summed E-state index contributed by atoms with van der Waals surface area (Å²) in [6, 6.07) is 18.7. The van der Waals surface area contributed by atoms with Gasteiger partial charge in [0.05, 0.1) is 0 Å². The Morgan fingerprint density at radius 2 is 1.29 bits per heavy atom. The van der Waals surface area contributed by atoms with Gasteiger partial charge < -0.3 is 0 Å². The summed E-state index contributed by atoms with van der Waals surface area (Å²) in [7, 11) is 0. The molecular weight excluding hydrogens is 396 g/mol. The average Bonchev–Trinajstić information content (AvgIpc) is 2.49. The van der Waals surface area contributed by atoms with Crippen molar-refractivity contribution in [3.8, 4) is 0 Å². The summed E-state index contributed by atoms with van der Waals surface area (Å²) in [5.74, 6) is -0.306. The maximum absolute atomic E-state index is 12.4. The Morgan fingerprint density at radius 1 is 0.857 bits per heavy atom. The molecule has 0 saturated heterocycles. The van der Waals surface area contributed by atoms with Crippen LogP contribution in [-0.2, 0) is 15.0 Å². The summed E-state index contributed by atoms with van der Waals surface area (Å²) in [5, 5.41) is 0. The molecule has 1 unspecified atom stereocenters. The third-order valence-electron chi connectivity index (χ3n) is 3.80. The number of hydrogen-bond donors (Lipinski definition) is 0. The molecule has 108 valence electrons. The van der Waals surface area contributed by atoms with Gasteiger partial charge in [0.25, 0.3) is 0 Å². The van der Waals surface area contributed by atoms with Crippen LogP contribution >= 0.6 is 31.9 Å². The van der Waals surface area contributed by atoms with E-state index in [1.807, 2.05) is 55.5 Å². The fourth-order valence-electron chi connectivity index (χ4n) is 2.59. The second-order valence-corrected chi connectivity index (χ2v) is 6.29. The van der Waals surface area contributed by atoms with E-state index >= 15 is 0 Å². The van der Waals surface area contributed by atoms with Crippen molar-refractivity contribution in [3.05, 3.63) is 71.8 Å². The normalized spacial score (nSPS) is 12.7. The zero-order valence-corrected chi connectivity index (χ0v) is 14.6. The minimum atomic E-state index is -1.29. The van der Waals surface area contributed by atoms with Gasteiger partial charge in [0, 0.05) is 5.92 Å². The second-order valence-electron chi connectivity index (χ2n) is 4.85. The lowest BCUT2D eigenvalue weighted by molar-refractivity contribution is -0.125. The maximum Gasteiger partial charge on any atom is 0.217 e. The molecule has 0 radical (unpaired) electrons. The fraction of sp³-hybridized carbons (Fsp3) is 0.176. The van der Waals surface area contributed by atoms with Crippen LogP contribution in [0.25, 0.3) is 0 Å². The molecule has 0 fully saturated rings. The highest BCUT2D eigenvalue weighted by molar-refractivity contribution is 9.19. The van der Waals surface area contributed by atoms with E-state index in [0.717, 1.165) is 5.56 Å². The average molecular weight is 410 g/mol. The third kappa shape index (κ3) is 2.87. The highest BCUT2D eigenvalue weighted by Gasteiger charge is 2.49. The highest BCUT2D eigenvalue weighted by atomic mass is 79.9. The molecule has 2 aromatic rings. The number of hydrogen-bond acceptors (Lipinski definition) is 2. The van der Waals surface area contributed by atoms with E-state index in [2.05, 4.69) is 31.9 Å². The van der Waals surface area contributed by atoms with Gasteiger partial charge in [-0.05, 0) is 43.0 Å². The molecule has 0 amide bonds. The van der Waals surface area contributed by atoms with E-state index in [4.69, 9.17) is 0 Å². The maximum atomic E-state index is 12.4. The van der Waals surface area contributed by atoms with Crippen LogP contribution in [0.15, 0.2) is 60.7 Å². The predicted molar refractivity (Wildman–Crippen MR) is 90.8 cm³/mol. The Labute approximate surface area is 140 Å². The Balaban J connectivity index is 2.67. The first-order chi connectivity index (χ1) is 10.0. The van der Waals surface area contributed by atoms with Crippen LogP contribution in [0.2, 0.25) is 0 Å². The Bertz CT molecular complexity index is 624. The molecule has 0 bridgehead atoms. The molecule has 1 atom stereocenters. The van der Waals surface area contributed by atoms with Crippen molar-refractivity contribution < 1.29 is 9.59 Å². The molecule has 0 heterocycles. The lowest BCUT2D eigenvalue weighted by Crippen LogP contribution is -2.43. The molecule has 21 heavy (non-hydrogen) atoms. The predicted octanol–water partition coefficient (Wildman–Crippen LogP) is 4.57. The summed E-state index contributed by atoms with van der Waals surface area (Å²) in [5.41, 5.74) is 0.315. The third-order valence-corrected chi connectivity index (χ3v) is 5.05. The van der Waals surface area contributed by atoms with Crippen LogP contribution in [0.5, 0.6) is 0 Å². The minimum absolute atomic E-state index is 0.306. The smallest absolute Gasteiger partial charge is 0.217 e. The van der Waals surface area contributed by atoms with Crippen molar-refractivity contribution in [2.45, 2.75) is 18.3 Å². The standard InChI is InChI=1S/C17H14Br2O2/c1-12(13-8-4-2-5-9-13)17(15(18)20,16(19)21)14-10-6-3-7-11-14/h2-12H,1H3. The van der Waals surface area contributed by atoms with Gasteiger partial charge in [0.2, 0.25) is 9.39 Å². The van der Waals surface area contributed by atoms with Crippen molar-refractivity contribution in [1.82, 2.24) is 0 Å². The van der Waals surface area contributed by atoms with Gasteiger partial charge in [-0.3, -0.25) is 9.59 Å². The van der Waals surface area contributed by atoms with E-state index < -0.39 is 5.41 Å². The van der Waals surface area contributed by atoms with Gasteiger partial charge >= 0.3 is 0 Å². The molecule has 0 aliphatic carbocycles. The van der Waals surface area contributed by atoms with E-state index in [1.165, 1.54) is 0 Å².